The van der Waals surface area contributed by atoms with Crippen LogP contribution in [0.4, 0.5) is 0 Å². The molecule has 0 radical (unpaired) electrons. The van der Waals surface area contributed by atoms with E-state index >= 15 is 0 Å². The molecule has 3 N–H and O–H groups in total. The van der Waals surface area contributed by atoms with E-state index in [2.05, 4.69) is 10.6 Å². The van der Waals surface area contributed by atoms with Crippen LogP contribution in [0.25, 0.3) is 0 Å². The van der Waals surface area contributed by atoms with Crippen LogP contribution in [0.2, 0.25) is 0 Å². The third kappa shape index (κ3) is 7.34. The molecule has 1 unspecified atom stereocenters. The molecule has 1 fully saturated rings. The summed E-state index contributed by atoms with van der Waals surface area (Å²) in [7, 11) is 0. The minimum absolute atomic E-state index is 0.0890. The zero-order valence-electron chi connectivity index (χ0n) is 19.1. The molecule has 0 bridgehead atoms. The van der Waals surface area contributed by atoms with Gasteiger partial charge < -0.3 is 20.6 Å². The van der Waals surface area contributed by atoms with E-state index < -0.39 is 41.3 Å². The van der Waals surface area contributed by atoms with Gasteiger partial charge in [-0.25, -0.2) is 0 Å². The molecule has 3 atom stereocenters. The summed E-state index contributed by atoms with van der Waals surface area (Å²) in [4.78, 5) is 51.6. The number of benzene rings is 1. The van der Waals surface area contributed by atoms with Crippen molar-refractivity contribution in [3.63, 3.8) is 0 Å². The molecule has 1 heterocycles. The van der Waals surface area contributed by atoms with Gasteiger partial charge in [-0.15, -0.1) is 11.8 Å². The van der Waals surface area contributed by atoms with Gasteiger partial charge in [0.2, 0.25) is 11.7 Å². The largest absolute Gasteiger partial charge is 0.381 e. The number of hydrogen-bond donors (Lipinski definition) is 3. The van der Waals surface area contributed by atoms with E-state index in [1.54, 1.807) is 6.92 Å². The number of nitrogens with one attached hydrogen (secondary N) is 2. The maximum atomic E-state index is 13.2. The minimum atomic E-state index is -1.60. The van der Waals surface area contributed by atoms with Crippen LogP contribution in [0, 0.1) is 0 Å². The standard InChI is InChI=1S/C23H33N3O5S/c1-5-9-18(27)21(30)24-16(12-15-10-7-6-8-11-15)19(28)22(31)26-14-32-13-17(26)20(29)25-23(2,3)4/h6-8,10-11,16-17,19,28H,5,9,12-14H2,1-4H3,(H,24,30)(H,25,29)/t16-,17?,19-/m0/s1. The average molecular weight is 464 g/mol. The highest BCUT2D eigenvalue weighted by molar-refractivity contribution is 7.99. The monoisotopic (exact) mass is 463 g/mol. The van der Waals surface area contributed by atoms with Crippen LogP contribution in [-0.4, -0.2) is 68.9 Å². The summed E-state index contributed by atoms with van der Waals surface area (Å²) in [5.74, 6) is -1.66. The Balaban J connectivity index is 2.19. The van der Waals surface area contributed by atoms with Crippen molar-refractivity contribution in [3.8, 4) is 0 Å². The summed E-state index contributed by atoms with van der Waals surface area (Å²) in [6, 6.07) is 7.38. The van der Waals surface area contributed by atoms with Gasteiger partial charge in [0.25, 0.3) is 11.8 Å². The van der Waals surface area contributed by atoms with Gasteiger partial charge in [-0.1, -0.05) is 37.3 Å². The Bertz CT molecular complexity index is 825. The van der Waals surface area contributed by atoms with Crippen LogP contribution in [0.15, 0.2) is 30.3 Å². The number of aliphatic hydroxyl groups is 1. The van der Waals surface area contributed by atoms with Crippen LogP contribution < -0.4 is 10.6 Å². The number of carbonyl (C=O) groups excluding carboxylic acids is 4. The van der Waals surface area contributed by atoms with Gasteiger partial charge >= 0.3 is 0 Å². The second-order valence-electron chi connectivity index (χ2n) is 8.95. The first-order valence-corrected chi connectivity index (χ1v) is 11.9. The highest BCUT2D eigenvalue weighted by atomic mass is 32.2. The molecule has 0 aliphatic carbocycles. The molecule has 0 saturated carbocycles. The predicted octanol–water partition coefficient (Wildman–Crippen LogP) is 1.26. The van der Waals surface area contributed by atoms with E-state index in [0.717, 1.165) is 5.56 Å². The first kappa shape index (κ1) is 25.9. The van der Waals surface area contributed by atoms with Crippen molar-refractivity contribution in [3.05, 3.63) is 35.9 Å². The van der Waals surface area contributed by atoms with E-state index in [1.807, 2.05) is 51.1 Å². The first-order valence-electron chi connectivity index (χ1n) is 10.8. The highest BCUT2D eigenvalue weighted by Crippen LogP contribution is 2.23. The molecule has 1 aromatic carbocycles. The molecule has 176 valence electrons. The van der Waals surface area contributed by atoms with Crippen molar-refractivity contribution in [2.45, 2.75) is 70.7 Å². The van der Waals surface area contributed by atoms with Gasteiger partial charge in [-0.3, -0.25) is 19.2 Å². The Hall–Kier alpha value is -2.39. The van der Waals surface area contributed by atoms with Crippen LogP contribution in [0.1, 0.15) is 46.1 Å². The lowest BCUT2D eigenvalue weighted by atomic mass is 9.99. The maximum absolute atomic E-state index is 13.2. The van der Waals surface area contributed by atoms with E-state index in [9.17, 15) is 24.3 Å². The van der Waals surface area contributed by atoms with Crippen LogP contribution >= 0.6 is 11.8 Å². The van der Waals surface area contributed by atoms with Gasteiger partial charge in [-0.05, 0) is 39.2 Å². The number of nitrogens with zero attached hydrogens (tertiary/aromatic N) is 1. The molecule has 3 amide bonds. The molecule has 1 saturated heterocycles. The van der Waals surface area contributed by atoms with Crippen molar-refractivity contribution >= 4 is 35.3 Å². The summed E-state index contributed by atoms with van der Waals surface area (Å²) in [5.41, 5.74) is 0.339. The molecule has 8 nitrogen and oxygen atoms in total. The Kier molecular flexibility index (Phi) is 9.27. The maximum Gasteiger partial charge on any atom is 0.287 e. The highest BCUT2D eigenvalue weighted by Gasteiger charge is 2.40. The number of Topliss-reactive ketones (excluding diaryl/α,β-unsaturated/α-hetero) is 1. The number of amides is 3. The summed E-state index contributed by atoms with van der Waals surface area (Å²) in [6.07, 6.45) is -0.825. The van der Waals surface area contributed by atoms with E-state index in [-0.39, 0.29) is 24.6 Å². The molecule has 32 heavy (non-hydrogen) atoms. The second kappa shape index (κ2) is 11.5. The van der Waals surface area contributed by atoms with Crippen molar-refractivity contribution in [2.24, 2.45) is 0 Å². The second-order valence-corrected chi connectivity index (χ2v) is 9.95. The molecular weight excluding hydrogens is 430 g/mol. The lowest BCUT2D eigenvalue weighted by Gasteiger charge is -2.31. The Morgan fingerprint density at radius 1 is 1.19 bits per heavy atom. The molecule has 1 aliphatic rings. The summed E-state index contributed by atoms with van der Waals surface area (Å²) in [6.45, 7) is 7.35. The van der Waals surface area contributed by atoms with E-state index in [0.29, 0.717) is 12.2 Å². The third-order valence-corrected chi connectivity index (χ3v) is 5.96. The summed E-state index contributed by atoms with van der Waals surface area (Å²) >= 11 is 1.42. The quantitative estimate of drug-likeness (QED) is 0.475. The summed E-state index contributed by atoms with van der Waals surface area (Å²) < 4.78 is 0. The third-order valence-electron chi connectivity index (χ3n) is 4.95. The molecule has 0 aromatic heterocycles. The zero-order chi connectivity index (χ0) is 23.9. The average Bonchev–Trinajstić information content (AvgIpc) is 3.22. The Labute approximate surface area is 193 Å². The lowest BCUT2D eigenvalue weighted by Crippen LogP contribution is -2.58. The van der Waals surface area contributed by atoms with Crippen LogP contribution in [-0.2, 0) is 25.6 Å². The van der Waals surface area contributed by atoms with Crippen molar-refractivity contribution in [1.82, 2.24) is 15.5 Å². The molecule has 1 aliphatic heterocycles. The number of rotatable bonds is 9. The fraction of sp³-hybridized carbons (Fsp3) is 0.565. The number of hydrogen-bond acceptors (Lipinski definition) is 6. The fourth-order valence-corrected chi connectivity index (χ4v) is 4.53. The SMILES string of the molecule is CCCC(=O)C(=O)N[C@@H](Cc1ccccc1)[C@H](O)C(=O)N1CSCC1C(=O)NC(C)(C)C. The van der Waals surface area contributed by atoms with Gasteiger partial charge in [0.1, 0.15) is 6.04 Å². The molecular formula is C23H33N3O5S. The van der Waals surface area contributed by atoms with Crippen molar-refractivity contribution in [1.29, 1.82) is 0 Å². The van der Waals surface area contributed by atoms with Gasteiger partial charge in [-0.2, -0.15) is 0 Å². The first-order chi connectivity index (χ1) is 15.0. The molecule has 9 heteroatoms. The predicted molar refractivity (Wildman–Crippen MR) is 124 cm³/mol. The Morgan fingerprint density at radius 3 is 2.44 bits per heavy atom. The lowest BCUT2D eigenvalue weighted by molar-refractivity contribution is -0.147. The molecule has 1 aromatic rings. The van der Waals surface area contributed by atoms with Gasteiger partial charge in [0.15, 0.2) is 6.10 Å². The topological polar surface area (TPSA) is 116 Å². The van der Waals surface area contributed by atoms with Crippen molar-refractivity contribution < 1.29 is 24.3 Å². The number of thioether (sulfide) groups is 1. The zero-order valence-corrected chi connectivity index (χ0v) is 19.9. The Morgan fingerprint density at radius 2 is 1.84 bits per heavy atom. The number of carbonyl (C=O) groups is 4. The molecule has 2 rings (SSSR count). The van der Waals surface area contributed by atoms with Gasteiger partial charge in [0.05, 0.1) is 11.9 Å². The minimum Gasteiger partial charge on any atom is -0.381 e. The van der Waals surface area contributed by atoms with Crippen LogP contribution in [0.5, 0.6) is 0 Å². The van der Waals surface area contributed by atoms with E-state index in [4.69, 9.17) is 0 Å². The fourth-order valence-electron chi connectivity index (χ4n) is 3.37. The number of aliphatic hydroxyl groups excluding tert-OH is 1. The normalized spacial score (nSPS) is 18.0. The van der Waals surface area contributed by atoms with Gasteiger partial charge in [0, 0.05) is 17.7 Å². The van der Waals surface area contributed by atoms with E-state index in [1.165, 1.54) is 16.7 Å². The number of ketones is 1. The summed E-state index contributed by atoms with van der Waals surface area (Å²) in [5, 5.41) is 16.3. The smallest absolute Gasteiger partial charge is 0.287 e. The molecule has 0 spiro atoms. The van der Waals surface area contributed by atoms with Crippen molar-refractivity contribution in [2.75, 3.05) is 11.6 Å². The van der Waals surface area contributed by atoms with Crippen LogP contribution in [0.3, 0.4) is 0 Å².